The Hall–Kier alpha value is -1.55. The van der Waals surface area contributed by atoms with Crippen LogP contribution in [-0.2, 0) is 11.3 Å². The topological polar surface area (TPSA) is 49.8 Å². The molecule has 1 aromatic rings. The van der Waals surface area contributed by atoms with Crippen LogP contribution in [-0.4, -0.2) is 35.7 Å². The predicted octanol–water partition coefficient (Wildman–Crippen LogP) is 1.75. The summed E-state index contributed by atoms with van der Waals surface area (Å²) in [6.45, 7) is 3.04. The van der Waals surface area contributed by atoms with Crippen LogP contribution in [0.25, 0.3) is 0 Å². The first-order valence-corrected chi connectivity index (χ1v) is 5.90. The second-order valence-corrected chi connectivity index (χ2v) is 4.31. The van der Waals surface area contributed by atoms with Gasteiger partial charge in [-0.05, 0) is 43.6 Å². The van der Waals surface area contributed by atoms with E-state index in [2.05, 4.69) is 4.90 Å². The van der Waals surface area contributed by atoms with Gasteiger partial charge in [-0.15, -0.1) is 0 Å². The number of benzene rings is 1. The van der Waals surface area contributed by atoms with Gasteiger partial charge in [0.25, 0.3) is 0 Å². The van der Waals surface area contributed by atoms with Gasteiger partial charge in [-0.25, -0.2) is 4.79 Å². The van der Waals surface area contributed by atoms with Gasteiger partial charge in [0.05, 0.1) is 0 Å². The number of nitrogens with zero attached hydrogens (tertiary/aromatic N) is 1. The number of aliphatic carboxylic acids is 1. The average molecular weight is 235 g/mol. The third kappa shape index (κ3) is 3.75. The monoisotopic (exact) mass is 235 g/mol. The summed E-state index contributed by atoms with van der Waals surface area (Å²) in [4.78, 5) is 12.8. The van der Waals surface area contributed by atoms with Gasteiger partial charge in [0.1, 0.15) is 5.75 Å². The van der Waals surface area contributed by atoms with Crippen molar-refractivity contribution in [3.63, 3.8) is 0 Å². The first-order valence-electron chi connectivity index (χ1n) is 5.90. The maximum Gasteiger partial charge on any atom is 0.341 e. The molecule has 17 heavy (non-hydrogen) atoms. The summed E-state index contributed by atoms with van der Waals surface area (Å²) in [7, 11) is 0. The number of carboxylic acids is 1. The Balaban J connectivity index is 1.86. The van der Waals surface area contributed by atoms with Gasteiger partial charge in [-0.2, -0.15) is 0 Å². The molecule has 1 aliphatic heterocycles. The zero-order valence-corrected chi connectivity index (χ0v) is 9.76. The maximum atomic E-state index is 10.3. The second-order valence-electron chi connectivity index (χ2n) is 4.31. The fraction of sp³-hybridized carbons (Fsp3) is 0.462. The smallest absolute Gasteiger partial charge is 0.341 e. The molecule has 1 fully saturated rings. The molecule has 1 saturated heterocycles. The van der Waals surface area contributed by atoms with E-state index in [1.807, 2.05) is 24.3 Å². The van der Waals surface area contributed by atoms with Crippen molar-refractivity contribution in [2.75, 3.05) is 19.7 Å². The van der Waals surface area contributed by atoms with Crippen LogP contribution in [0.15, 0.2) is 24.3 Å². The number of ether oxygens (including phenoxy) is 1. The molecule has 2 rings (SSSR count). The van der Waals surface area contributed by atoms with Crippen molar-refractivity contribution >= 4 is 5.97 Å². The van der Waals surface area contributed by atoms with Gasteiger partial charge in [0.2, 0.25) is 0 Å². The molecule has 4 nitrogen and oxygen atoms in total. The van der Waals surface area contributed by atoms with Gasteiger partial charge in [-0.1, -0.05) is 12.1 Å². The minimum absolute atomic E-state index is 0.286. The molecule has 0 aliphatic carbocycles. The Morgan fingerprint density at radius 3 is 2.47 bits per heavy atom. The van der Waals surface area contributed by atoms with Crippen LogP contribution >= 0.6 is 0 Å². The molecule has 1 N–H and O–H groups in total. The van der Waals surface area contributed by atoms with E-state index in [0.29, 0.717) is 5.75 Å². The minimum Gasteiger partial charge on any atom is -0.482 e. The van der Waals surface area contributed by atoms with Gasteiger partial charge in [0, 0.05) is 6.54 Å². The van der Waals surface area contributed by atoms with Crippen LogP contribution in [0.5, 0.6) is 5.75 Å². The van der Waals surface area contributed by atoms with Gasteiger partial charge < -0.3 is 9.84 Å². The van der Waals surface area contributed by atoms with Crippen LogP contribution in [0.3, 0.4) is 0 Å². The largest absolute Gasteiger partial charge is 0.482 e. The molecule has 0 bridgehead atoms. The lowest BCUT2D eigenvalue weighted by Crippen LogP contribution is -2.18. The summed E-state index contributed by atoms with van der Waals surface area (Å²) in [5.74, 6) is -0.344. The molecular formula is C13H17NO3. The number of hydrogen-bond donors (Lipinski definition) is 1. The molecular weight excluding hydrogens is 218 g/mol. The first kappa shape index (κ1) is 11.9. The van der Waals surface area contributed by atoms with Crippen molar-refractivity contribution in [1.29, 1.82) is 0 Å². The highest BCUT2D eigenvalue weighted by Crippen LogP contribution is 2.16. The number of likely N-dealkylation sites (tertiary alicyclic amines) is 1. The van der Waals surface area contributed by atoms with Crippen molar-refractivity contribution in [3.8, 4) is 5.75 Å². The van der Waals surface area contributed by atoms with Gasteiger partial charge >= 0.3 is 5.97 Å². The van der Waals surface area contributed by atoms with Crippen LogP contribution in [0, 0.1) is 0 Å². The Morgan fingerprint density at radius 1 is 1.24 bits per heavy atom. The first-order chi connectivity index (χ1) is 8.24. The maximum absolute atomic E-state index is 10.3. The Kier molecular flexibility index (Phi) is 3.98. The highest BCUT2D eigenvalue weighted by Gasteiger charge is 2.11. The van der Waals surface area contributed by atoms with Crippen molar-refractivity contribution in [3.05, 3.63) is 29.8 Å². The van der Waals surface area contributed by atoms with E-state index in [1.54, 1.807) is 0 Å². The average Bonchev–Trinajstić information content (AvgIpc) is 2.81. The lowest BCUT2D eigenvalue weighted by Gasteiger charge is -2.14. The Morgan fingerprint density at radius 2 is 1.88 bits per heavy atom. The van der Waals surface area contributed by atoms with Crippen LogP contribution < -0.4 is 4.74 Å². The normalized spacial score (nSPS) is 16.0. The summed E-state index contributed by atoms with van der Waals surface area (Å²) in [6.07, 6.45) is 2.58. The highest BCUT2D eigenvalue weighted by molar-refractivity contribution is 5.68. The zero-order chi connectivity index (χ0) is 12.1. The molecule has 0 atom stereocenters. The van der Waals surface area contributed by atoms with Crippen LogP contribution in [0.2, 0.25) is 0 Å². The van der Waals surface area contributed by atoms with Crippen molar-refractivity contribution in [1.82, 2.24) is 4.90 Å². The van der Waals surface area contributed by atoms with E-state index < -0.39 is 5.97 Å². The highest BCUT2D eigenvalue weighted by atomic mass is 16.5. The van der Waals surface area contributed by atoms with E-state index in [0.717, 1.165) is 6.54 Å². The standard InChI is InChI=1S/C13H17NO3/c15-13(16)10-17-12-5-3-11(4-6-12)9-14-7-1-2-8-14/h3-6H,1-2,7-10H2,(H,15,16). The van der Waals surface area contributed by atoms with Gasteiger partial charge in [-0.3, -0.25) is 4.90 Å². The third-order valence-corrected chi connectivity index (χ3v) is 2.89. The summed E-state index contributed by atoms with van der Waals surface area (Å²) in [5.41, 5.74) is 1.24. The molecule has 4 heteroatoms. The Bertz CT molecular complexity index is 369. The van der Waals surface area contributed by atoms with E-state index in [4.69, 9.17) is 9.84 Å². The summed E-state index contributed by atoms with van der Waals surface area (Å²) in [5, 5.41) is 8.49. The fourth-order valence-corrected chi connectivity index (χ4v) is 2.04. The van der Waals surface area contributed by atoms with Crippen molar-refractivity contribution in [2.45, 2.75) is 19.4 Å². The molecule has 0 radical (unpaired) electrons. The lowest BCUT2D eigenvalue weighted by molar-refractivity contribution is -0.139. The molecule has 0 saturated carbocycles. The molecule has 1 aromatic carbocycles. The summed E-state index contributed by atoms with van der Waals surface area (Å²) < 4.78 is 5.08. The lowest BCUT2D eigenvalue weighted by atomic mass is 10.2. The zero-order valence-electron chi connectivity index (χ0n) is 9.76. The van der Waals surface area contributed by atoms with Crippen LogP contribution in [0.4, 0.5) is 0 Å². The van der Waals surface area contributed by atoms with E-state index >= 15 is 0 Å². The second kappa shape index (κ2) is 5.68. The quantitative estimate of drug-likeness (QED) is 0.844. The Labute approximate surface area is 101 Å². The molecule has 0 unspecified atom stereocenters. The van der Waals surface area contributed by atoms with Gasteiger partial charge in [0.15, 0.2) is 6.61 Å². The van der Waals surface area contributed by atoms with Crippen molar-refractivity contribution < 1.29 is 14.6 Å². The molecule has 0 spiro atoms. The number of hydrogen-bond acceptors (Lipinski definition) is 3. The SMILES string of the molecule is O=C(O)COc1ccc(CN2CCCC2)cc1. The van der Waals surface area contributed by atoms with E-state index in [1.165, 1.54) is 31.5 Å². The predicted molar refractivity (Wildman–Crippen MR) is 64.1 cm³/mol. The number of carboxylic acid groups (broad SMARTS) is 1. The minimum atomic E-state index is -0.953. The third-order valence-electron chi connectivity index (χ3n) is 2.89. The molecule has 1 aliphatic rings. The van der Waals surface area contributed by atoms with Crippen molar-refractivity contribution in [2.24, 2.45) is 0 Å². The molecule has 92 valence electrons. The molecule has 0 amide bonds. The van der Waals surface area contributed by atoms with E-state index in [9.17, 15) is 4.79 Å². The fourth-order valence-electron chi connectivity index (χ4n) is 2.04. The summed E-state index contributed by atoms with van der Waals surface area (Å²) in [6, 6.07) is 7.65. The van der Waals surface area contributed by atoms with Crippen LogP contribution in [0.1, 0.15) is 18.4 Å². The van der Waals surface area contributed by atoms with E-state index in [-0.39, 0.29) is 6.61 Å². The number of rotatable bonds is 5. The molecule has 0 aromatic heterocycles. The summed E-state index contributed by atoms with van der Waals surface area (Å²) >= 11 is 0. The number of carbonyl (C=O) groups is 1. The molecule has 1 heterocycles.